The molecule has 4 nitrogen and oxygen atoms in total. The topological polar surface area (TPSA) is 62.0 Å². The Labute approximate surface area is 148 Å². The molecule has 1 atom stereocenters. The number of H-pyrrole nitrogens is 1. The molecule has 0 saturated carbocycles. The molecule has 5 heteroatoms. The first-order valence-electron chi connectivity index (χ1n) is 8.62. The van der Waals surface area contributed by atoms with Crippen molar-refractivity contribution in [3.8, 4) is 0 Å². The van der Waals surface area contributed by atoms with Gasteiger partial charge in [-0.3, -0.25) is 0 Å². The lowest BCUT2D eigenvalue weighted by molar-refractivity contribution is 0.506. The average Bonchev–Trinajstić information content (AvgIpc) is 2.92. The van der Waals surface area contributed by atoms with E-state index < -0.39 is 10.0 Å². The number of nitrogens with one attached hydrogen (secondary N) is 2. The molecule has 4 rings (SSSR count). The van der Waals surface area contributed by atoms with Crippen LogP contribution in [0.1, 0.15) is 28.8 Å². The number of hydrogen-bond donors (Lipinski definition) is 2. The summed E-state index contributed by atoms with van der Waals surface area (Å²) < 4.78 is 28.5. The number of benzene rings is 2. The van der Waals surface area contributed by atoms with E-state index in [0.717, 1.165) is 30.3 Å². The third kappa shape index (κ3) is 2.98. The first-order valence-corrected chi connectivity index (χ1v) is 10.1. The van der Waals surface area contributed by atoms with Gasteiger partial charge < -0.3 is 4.98 Å². The highest BCUT2D eigenvalue weighted by molar-refractivity contribution is 7.89. The van der Waals surface area contributed by atoms with Crippen molar-refractivity contribution in [2.75, 3.05) is 0 Å². The van der Waals surface area contributed by atoms with E-state index in [4.69, 9.17) is 0 Å². The molecular formula is C20H22N2O2S. The number of aromatic amines is 1. The summed E-state index contributed by atoms with van der Waals surface area (Å²) in [5.74, 6) is 0. The van der Waals surface area contributed by atoms with Crippen LogP contribution in [-0.2, 0) is 22.9 Å². The molecule has 1 aliphatic rings. The maximum Gasteiger partial charge on any atom is 0.241 e. The number of aromatic nitrogens is 1. The lowest BCUT2D eigenvalue weighted by Gasteiger charge is -2.24. The maximum atomic E-state index is 12.8. The van der Waals surface area contributed by atoms with Crippen molar-refractivity contribution in [1.29, 1.82) is 0 Å². The second-order valence-electron chi connectivity index (χ2n) is 6.96. The number of aryl methyl sites for hydroxylation is 3. The van der Waals surface area contributed by atoms with Crippen LogP contribution in [-0.4, -0.2) is 19.4 Å². The Balaban J connectivity index is 1.63. The molecule has 3 aromatic rings. The van der Waals surface area contributed by atoms with Gasteiger partial charge in [-0.15, -0.1) is 0 Å². The molecule has 0 spiro atoms. The van der Waals surface area contributed by atoms with Gasteiger partial charge >= 0.3 is 0 Å². The van der Waals surface area contributed by atoms with E-state index in [1.165, 1.54) is 22.2 Å². The van der Waals surface area contributed by atoms with Crippen molar-refractivity contribution >= 4 is 20.9 Å². The van der Waals surface area contributed by atoms with E-state index in [1.54, 1.807) is 12.1 Å². The molecule has 2 N–H and O–H groups in total. The maximum absolute atomic E-state index is 12.8. The van der Waals surface area contributed by atoms with Crippen LogP contribution >= 0.6 is 0 Å². The van der Waals surface area contributed by atoms with Crippen molar-refractivity contribution < 1.29 is 8.42 Å². The van der Waals surface area contributed by atoms with Crippen molar-refractivity contribution in [3.63, 3.8) is 0 Å². The third-order valence-electron chi connectivity index (χ3n) is 5.05. The molecular weight excluding hydrogens is 332 g/mol. The van der Waals surface area contributed by atoms with Crippen LogP contribution in [0.3, 0.4) is 0 Å². The second kappa shape index (κ2) is 6.00. The molecule has 0 aliphatic heterocycles. The van der Waals surface area contributed by atoms with Gasteiger partial charge in [0.1, 0.15) is 0 Å². The highest BCUT2D eigenvalue weighted by atomic mass is 32.2. The van der Waals surface area contributed by atoms with Gasteiger partial charge in [0.25, 0.3) is 0 Å². The van der Waals surface area contributed by atoms with Gasteiger partial charge in [-0.2, -0.15) is 0 Å². The summed E-state index contributed by atoms with van der Waals surface area (Å²) in [4.78, 5) is 3.86. The second-order valence-corrected chi connectivity index (χ2v) is 8.64. The largest absolute Gasteiger partial charge is 0.358 e. The summed E-state index contributed by atoms with van der Waals surface area (Å²) in [6.07, 6.45) is 2.40. The third-order valence-corrected chi connectivity index (χ3v) is 6.73. The van der Waals surface area contributed by atoms with Gasteiger partial charge in [-0.1, -0.05) is 29.8 Å². The van der Waals surface area contributed by atoms with E-state index in [2.05, 4.69) is 34.8 Å². The lowest BCUT2D eigenvalue weighted by atomic mass is 9.92. The molecule has 1 aliphatic carbocycles. The zero-order chi connectivity index (χ0) is 17.6. The lowest BCUT2D eigenvalue weighted by Crippen LogP contribution is -2.38. The van der Waals surface area contributed by atoms with Gasteiger partial charge in [0.05, 0.1) is 4.90 Å². The smallest absolute Gasteiger partial charge is 0.241 e. The number of fused-ring (bicyclic) bond motifs is 3. The van der Waals surface area contributed by atoms with Gasteiger partial charge in [-0.05, 0) is 62.4 Å². The number of sulfonamides is 1. The van der Waals surface area contributed by atoms with Crippen LogP contribution < -0.4 is 4.72 Å². The first kappa shape index (κ1) is 16.4. The van der Waals surface area contributed by atoms with Gasteiger partial charge in [0.15, 0.2) is 0 Å². The Morgan fingerprint density at radius 2 is 1.92 bits per heavy atom. The molecule has 1 aromatic heterocycles. The average molecular weight is 354 g/mol. The predicted octanol–water partition coefficient (Wildman–Crippen LogP) is 3.62. The van der Waals surface area contributed by atoms with Crippen LogP contribution in [0.2, 0.25) is 0 Å². The zero-order valence-electron chi connectivity index (χ0n) is 14.5. The fourth-order valence-corrected chi connectivity index (χ4v) is 5.29. The van der Waals surface area contributed by atoms with E-state index in [9.17, 15) is 8.42 Å². The van der Waals surface area contributed by atoms with Crippen molar-refractivity contribution in [1.82, 2.24) is 9.71 Å². The molecule has 0 fully saturated rings. The van der Waals surface area contributed by atoms with Crippen LogP contribution in [0.5, 0.6) is 0 Å². The van der Waals surface area contributed by atoms with Gasteiger partial charge in [0.2, 0.25) is 10.0 Å². The summed E-state index contributed by atoms with van der Waals surface area (Å²) in [5.41, 5.74) is 5.62. The van der Waals surface area contributed by atoms with Crippen molar-refractivity contribution in [3.05, 3.63) is 64.8 Å². The fraction of sp³-hybridized carbons (Fsp3) is 0.300. The quantitative estimate of drug-likeness (QED) is 0.755. The number of rotatable bonds is 3. The summed E-state index contributed by atoms with van der Waals surface area (Å²) in [5, 5.41) is 1.22. The highest BCUT2D eigenvalue weighted by Crippen LogP contribution is 2.30. The normalized spacial score (nSPS) is 17.6. The Bertz CT molecular complexity index is 1050. The minimum Gasteiger partial charge on any atom is -0.358 e. The summed E-state index contributed by atoms with van der Waals surface area (Å²) in [7, 11) is -3.50. The van der Waals surface area contributed by atoms with Crippen molar-refractivity contribution in [2.24, 2.45) is 0 Å². The molecule has 1 unspecified atom stereocenters. The van der Waals surface area contributed by atoms with E-state index in [-0.39, 0.29) is 6.04 Å². The summed E-state index contributed by atoms with van der Waals surface area (Å²) in [6.45, 7) is 3.91. The molecule has 0 bridgehead atoms. The van der Waals surface area contributed by atoms with Gasteiger partial charge in [0, 0.05) is 22.6 Å². The molecule has 2 aromatic carbocycles. The molecule has 1 heterocycles. The molecule has 0 radical (unpaired) electrons. The Kier molecular flexibility index (Phi) is 3.93. The number of hydrogen-bond acceptors (Lipinski definition) is 2. The van der Waals surface area contributed by atoms with E-state index in [0.29, 0.717) is 4.90 Å². The summed E-state index contributed by atoms with van der Waals surface area (Å²) in [6, 6.07) is 13.4. The first-order chi connectivity index (χ1) is 11.9. The van der Waals surface area contributed by atoms with Crippen molar-refractivity contribution in [2.45, 2.75) is 44.0 Å². The Morgan fingerprint density at radius 1 is 1.12 bits per heavy atom. The van der Waals surface area contributed by atoms with Crippen LogP contribution in [0.15, 0.2) is 47.4 Å². The van der Waals surface area contributed by atoms with Crippen LogP contribution in [0.25, 0.3) is 10.9 Å². The Hall–Kier alpha value is -2.11. The highest BCUT2D eigenvalue weighted by Gasteiger charge is 2.27. The van der Waals surface area contributed by atoms with Crippen LogP contribution in [0.4, 0.5) is 0 Å². The fourth-order valence-electron chi connectivity index (χ4n) is 3.77. The SMILES string of the molecule is Cc1ccc2[nH]c3c(c2c1)CC(NS(=O)(=O)c1ccccc1C)CC3. The molecule has 0 amide bonds. The molecule has 130 valence electrons. The minimum atomic E-state index is -3.50. The minimum absolute atomic E-state index is 0.0726. The van der Waals surface area contributed by atoms with Crippen LogP contribution in [0, 0.1) is 13.8 Å². The monoisotopic (exact) mass is 354 g/mol. The molecule has 25 heavy (non-hydrogen) atoms. The van der Waals surface area contributed by atoms with Gasteiger partial charge in [-0.25, -0.2) is 13.1 Å². The molecule has 0 saturated heterocycles. The standard InChI is InChI=1S/C20H22N2O2S/c1-13-7-9-18-16(11-13)17-12-15(8-10-19(17)21-18)22-25(23,24)20-6-4-3-5-14(20)2/h3-7,9,11,15,21-22H,8,10,12H2,1-2H3. The summed E-state index contributed by atoms with van der Waals surface area (Å²) >= 11 is 0. The zero-order valence-corrected chi connectivity index (χ0v) is 15.3. The Morgan fingerprint density at radius 3 is 2.72 bits per heavy atom. The van der Waals surface area contributed by atoms with E-state index in [1.807, 2.05) is 19.1 Å². The van der Waals surface area contributed by atoms with E-state index >= 15 is 0 Å². The predicted molar refractivity (Wildman–Crippen MR) is 100 cm³/mol.